The van der Waals surface area contributed by atoms with Gasteiger partial charge in [0.25, 0.3) is 20.0 Å². The van der Waals surface area contributed by atoms with Crippen LogP contribution in [0, 0.1) is 13.8 Å². The van der Waals surface area contributed by atoms with E-state index in [0.717, 1.165) is 15.4 Å². The molecule has 0 radical (unpaired) electrons. The molecule has 0 spiro atoms. The number of rotatable bonds is 9. The van der Waals surface area contributed by atoms with Crippen LogP contribution in [-0.2, 0) is 24.8 Å². The fourth-order valence-corrected chi connectivity index (χ4v) is 6.73. The second-order valence-electron chi connectivity index (χ2n) is 8.77. The molecule has 0 bridgehead atoms. The molecule has 4 rings (SSSR count). The third-order valence-corrected chi connectivity index (χ3v) is 9.29. The number of benzene rings is 4. The second-order valence-corrected chi connectivity index (χ2v) is 12.7. The lowest BCUT2D eigenvalue weighted by atomic mass is 10.1. The van der Waals surface area contributed by atoms with Crippen molar-refractivity contribution in [2.24, 2.45) is 0 Å². The summed E-state index contributed by atoms with van der Waals surface area (Å²) in [6, 6.07) is 25.0. The molecule has 0 saturated heterocycles. The normalized spacial score (nSPS) is 11.6. The van der Waals surface area contributed by atoms with E-state index in [2.05, 4.69) is 10.0 Å². The number of carbonyl (C=O) groups excluding carboxylic acids is 1. The molecule has 202 valence electrons. The molecule has 0 aliphatic carbocycles. The summed E-state index contributed by atoms with van der Waals surface area (Å²) in [4.78, 5) is 13.0. The molecule has 1 amide bonds. The molecular weight excluding hydrogens is 558 g/mol. The molecule has 4 aromatic rings. The Hall–Kier alpha value is -3.86. The van der Waals surface area contributed by atoms with Crippen LogP contribution in [0.15, 0.2) is 107 Å². The van der Waals surface area contributed by atoms with Gasteiger partial charge in [0.05, 0.1) is 26.2 Å². The van der Waals surface area contributed by atoms with E-state index in [1.807, 2.05) is 26.0 Å². The molecule has 0 aliphatic rings. The standard InChI is InChI=1S/C28H26ClN3O5S2/c1-20-12-17-26(21(2)18-20)31-38(34,35)23-15-13-22(14-16-23)30-28(33)19-32(27-11-7-6-10-25(27)29)39(36,37)24-8-4-3-5-9-24/h3-18,31H,19H2,1-2H3,(H,30,33). The molecular formula is C28H26ClN3O5S2. The summed E-state index contributed by atoms with van der Waals surface area (Å²) in [7, 11) is -7.99. The highest BCUT2D eigenvalue weighted by atomic mass is 35.5. The van der Waals surface area contributed by atoms with Gasteiger partial charge in [-0.15, -0.1) is 0 Å². The number of nitrogens with zero attached hydrogens (tertiary/aromatic N) is 1. The molecule has 2 N–H and O–H groups in total. The Morgan fingerprint density at radius 1 is 0.795 bits per heavy atom. The average Bonchev–Trinajstić information content (AvgIpc) is 2.90. The average molecular weight is 584 g/mol. The van der Waals surface area contributed by atoms with Crippen molar-refractivity contribution in [1.29, 1.82) is 0 Å². The maximum absolute atomic E-state index is 13.4. The van der Waals surface area contributed by atoms with E-state index < -0.39 is 32.5 Å². The zero-order valence-corrected chi connectivity index (χ0v) is 23.5. The monoisotopic (exact) mass is 583 g/mol. The Labute approximate surface area is 233 Å². The summed E-state index contributed by atoms with van der Waals surface area (Å²) in [5.41, 5.74) is 2.72. The van der Waals surface area contributed by atoms with Crippen LogP contribution < -0.4 is 14.3 Å². The molecule has 0 heterocycles. The molecule has 4 aromatic carbocycles. The van der Waals surface area contributed by atoms with Gasteiger partial charge in [0.2, 0.25) is 5.91 Å². The van der Waals surface area contributed by atoms with Crippen LogP contribution in [0.25, 0.3) is 0 Å². The van der Waals surface area contributed by atoms with Gasteiger partial charge in [-0.25, -0.2) is 16.8 Å². The van der Waals surface area contributed by atoms with Crippen molar-refractivity contribution in [3.63, 3.8) is 0 Å². The van der Waals surface area contributed by atoms with Crippen molar-refractivity contribution in [3.05, 3.63) is 113 Å². The molecule has 11 heteroatoms. The molecule has 0 aromatic heterocycles. The maximum Gasteiger partial charge on any atom is 0.264 e. The maximum atomic E-state index is 13.4. The van der Waals surface area contributed by atoms with Gasteiger partial charge in [0, 0.05) is 5.69 Å². The van der Waals surface area contributed by atoms with Crippen LogP contribution >= 0.6 is 11.6 Å². The predicted molar refractivity (Wildman–Crippen MR) is 154 cm³/mol. The minimum atomic E-state index is -4.13. The fraction of sp³-hybridized carbons (Fsp3) is 0.107. The van der Waals surface area contributed by atoms with Crippen molar-refractivity contribution in [2.45, 2.75) is 23.6 Å². The highest BCUT2D eigenvalue weighted by Gasteiger charge is 2.28. The number of hydrogen-bond acceptors (Lipinski definition) is 5. The van der Waals surface area contributed by atoms with Crippen molar-refractivity contribution in [3.8, 4) is 0 Å². The van der Waals surface area contributed by atoms with E-state index in [1.54, 1.807) is 36.4 Å². The molecule has 8 nitrogen and oxygen atoms in total. The number of hydrogen-bond donors (Lipinski definition) is 2. The van der Waals surface area contributed by atoms with Gasteiger partial charge < -0.3 is 5.32 Å². The van der Waals surface area contributed by atoms with Gasteiger partial charge in [0.1, 0.15) is 6.54 Å². The van der Waals surface area contributed by atoms with Crippen molar-refractivity contribution in [1.82, 2.24) is 0 Å². The number of para-hydroxylation sites is 1. The summed E-state index contributed by atoms with van der Waals surface area (Å²) >= 11 is 6.29. The Morgan fingerprint density at radius 3 is 2.08 bits per heavy atom. The fourth-order valence-electron chi connectivity index (χ4n) is 3.85. The third kappa shape index (κ3) is 6.59. The summed E-state index contributed by atoms with van der Waals surface area (Å²) in [6.45, 7) is 3.17. The first-order chi connectivity index (χ1) is 18.5. The van der Waals surface area contributed by atoms with Gasteiger partial charge in [-0.05, 0) is 74.0 Å². The van der Waals surface area contributed by atoms with E-state index in [-0.39, 0.29) is 20.5 Å². The van der Waals surface area contributed by atoms with Crippen LogP contribution in [0.2, 0.25) is 5.02 Å². The van der Waals surface area contributed by atoms with Crippen molar-refractivity contribution in [2.75, 3.05) is 20.9 Å². The number of amides is 1. The quantitative estimate of drug-likeness (QED) is 0.267. The highest BCUT2D eigenvalue weighted by Crippen LogP contribution is 2.30. The second kappa shape index (κ2) is 11.5. The highest BCUT2D eigenvalue weighted by molar-refractivity contribution is 7.93. The van der Waals surface area contributed by atoms with Gasteiger partial charge in [-0.2, -0.15) is 0 Å². The lowest BCUT2D eigenvalue weighted by Crippen LogP contribution is -2.38. The smallest absolute Gasteiger partial charge is 0.264 e. The van der Waals surface area contributed by atoms with Gasteiger partial charge >= 0.3 is 0 Å². The molecule has 0 unspecified atom stereocenters. The molecule has 0 saturated carbocycles. The minimum absolute atomic E-state index is 0.00333. The number of carbonyl (C=O) groups is 1. The first kappa shape index (κ1) is 28.2. The van der Waals surface area contributed by atoms with Crippen LogP contribution in [0.1, 0.15) is 11.1 Å². The number of halogens is 1. The Kier molecular flexibility index (Phi) is 8.29. The van der Waals surface area contributed by atoms with E-state index in [0.29, 0.717) is 11.4 Å². The minimum Gasteiger partial charge on any atom is -0.325 e. The van der Waals surface area contributed by atoms with Gasteiger partial charge in [0.15, 0.2) is 0 Å². The SMILES string of the molecule is Cc1ccc(NS(=O)(=O)c2ccc(NC(=O)CN(c3ccccc3Cl)S(=O)(=O)c3ccccc3)cc2)c(C)c1. The Bertz CT molecular complexity index is 1710. The van der Waals surface area contributed by atoms with E-state index >= 15 is 0 Å². The zero-order chi connectivity index (χ0) is 28.2. The van der Waals surface area contributed by atoms with Crippen molar-refractivity contribution >= 4 is 54.6 Å². The van der Waals surface area contributed by atoms with E-state index in [4.69, 9.17) is 11.6 Å². The van der Waals surface area contributed by atoms with Crippen LogP contribution in [0.3, 0.4) is 0 Å². The van der Waals surface area contributed by atoms with Crippen molar-refractivity contribution < 1.29 is 21.6 Å². The van der Waals surface area contributed by atoms with Gasteiger partial charge in [-0.3, -0.25) is 13.8 Å². The number of anilines is 3. The molecule has 0 aliphatic heterocycles. The zero-order valence-electron chi connectivity index (χ0n) is 21.1. The summed E-state index contributed by atoms with van der Waals surface area (Å²) in [5, 5.41) is 2.79. The molecule has 0 fully saturated rings. The van der Waals surface area contributed by atoms with Crippen LogP contribution in [0.4, 0.5) is 17.1 Å². The summed E-state index contributed by atoms with van der Waals surface area (Å²) in [6.07, 6.45) is 0. The van der Waals surface area contributed by atoms with Crippen LogP contribution in [0.5, 0.6) is 0 Å². The lowest BCUT2D eigenvalue weighted by molar-refractivity contribution is -0.114. The van der Waals surface area contributed by atoms with Gasteiger partial charge in [-0.1, -0.05) is 59.6 Å². The lowest BCUT2D eigenvalue weighted by Gasteiger charge is -2.25. The van der Waals surface area contributed by atoms with E-state index in [9.17, 15) is 21.6 Å². The Morgan fingerprint density at radius 2 is 1.44 bits per heavy atom. The predicted octanol–water partition coefficient (Wildman–Crippen LogP) is 5.59. The molecule has 39 heavy (non-hydrogen) atoms. The summed E-state index contributed by atoms with van der Waals surface area (Å²) in [5.74, 6) is -0.640. The number of sulfonamides is 2. The third-order valence-electron chi connectivity index (χ3n) is 5.81. The van der Waals surface area contributed by atoms with Crippen LogP contribution in [-0.4, -0.2) is 29.3 Å². The first-order valence-electron chi connectivity index (χ1n) is 11.8. The largest absolute Gasteiger partial charge is 0.325 e. The number of aryl methyl sites for hydroxylation is 2. The number of nitrogens with one attached hydrogen (secondary N) is 2. The molecule has 0 atom stereocenters. The first-order valence-corrected chi connectivity index (χ1v) is 15.1. The Balaban J connectivity index is 1.53. The topological polar surface area (TPSA) is 113 Å². The summed E-state index contributed by atoms with van der Waals surface area (Å²) < 4.78 is 56.1. The van der Waals surface area contributed by atoms with E-state index in [1.165, 1.54) is 48.5 Å².